The molecule has 0 aliphatic heterocycles. The molecular weight excluding hydrogens is 296 g/mol. The summed E-state index contributed by atoms with van der Waals surface area (Å²) in [5.41, 5.74) is 4.77. The van der Waals surface area contributed by atoms with Gasteiger partial charge in [-0.25, -0.2) is 14.1 Å². The van der Waals surface area contributed by atoms with Crippen LogP contribution in [0.4, 0.5) is 0 Å². The molecule has 3 aromatic rings. The Bertz CT molecular complexity index is 718. The zero-order valence-electron chi connectivity index (χ0n) is 13.4. The van der Waals surface area contributed by atoms with Crippen molar-refractivity contribution >= 4 is 11.0 Å². The van der Waals surface area contributed by atoms with E-state index in [1.165, 1.54) is 24.0 Å². The Morgan fingerprint density at radius 3 is 2.77 bits per heavy atom. The van der Waals surface area contributed by atoms with E-state index >= 15 is 0 Å². The zero-order chi connectivity index (χ0) is 14.8. The van der Waals surface area contributed by atoms with E-state index in [1.54, 1.807) is 0 Å². The Labute approximate surface area is 137 Å². The van der Waals surface area contributed by atoms with Crippen molar-refractivity contribution in [3.05, 3.63) is 47.8 Å². The van der Waals surface area contributed by atoms with E-state index in [1.807, 2.05) is 0 Å². The van der Waals surface area contributed by atoms with Crippen molar-refractivity contribution in [2.75, 3.05) is 0 Å². The third kappa shape index (κ3) is 3.50. The lowest BCUT2D eigenvalue weighted by Crippen LogP contribution is -3.00. The highest BCUT2D eigenvalue weighted by atomic mass is 35.5. The van der Waals surface area contributed by atoms with Crippen molar-refractivity contribution in [2.24, 2.45) is 0 Å². The monoisotopic (exact) mass is 318 g/mol. The van der Waals surface area contributed by atoms with Gasteiger partial charge in [0, 0.05) is 0 Å². The van der Waals surface area contributed by atoms with Crippen molar-refractivity contribution in [1.82, 2.24) is 14.5 Å². The molecule has 3 rings (SSSR count). The van der Waals surface area contributed by atoms with Gasteiger partial charge in [0.05, 0.1) is 17.6 Å². The van der Waals surface area contributed by atoms with Gasteiger partial charge in [0.1, 0.15) is 24.8 Å². The second-order valence-electron chi connectivity index (χ2n) is 5.81. The highest BCUT2D eigenvalue weighted by Gasteiger charge is 2.09. The third-order valence-corrected chi connectivity index (χ3v) is 3.99. The lowest BCUT2D eigenvalue weighted by atomic mass is 10.1. The molecule has 2 aromatic heterocycles. The molecule has 22 heavy (non-hydrogen) atoms. The first-order valence-electron chi connectivity index (χ1n) is 7.66. The molecule has 1 N–H and O–H groups in total. The van der Waals surface area contributed by atoms with Gasteiger partial charge in [0.15, 0.2) is 0 Å². The Morgan fingerprint density at radius 2 is 2.00 bits per heavy atom. The normalized spacial score (nSPS) is 10.9. The maximum Gasteiger partial charge on any atom is 0.244 e. The minimum atomic E-state index is 0. The number of halogens is 1. The molecule has 0 saturated heterocycles. The van der Waals surface area contributed by atoms with Crippen LogP contribution in [0.25, 0.3) is 11.0 Å². The highest BCUT2D eigenvalue weighted by molar-refractivity contribution is 5.77. The number of hydrogen-bond acceptors (Lipinski definition) is 1. The number of aryl methyl sites for hydroxylation is 3. The summed E-state index contributed by atoms with van der Waals surface area (Å²) in [4.78, 5) is 8.12. The minimum absolute atomic E-state index is 0. The van der Waals surface area contributed by atoms with Crippen LogP contribution in [0.5, 0.6) is 0 Å². The number of aromatic amines is 1. The molecule has 118 valence electrons. The number of nitrogens with one attached hydrogen (secondary N) is 1. The average Bonchev–Trinajstić information content (AvgIpc) is 3.04. The average molecular weight is 319 g/mol. The smallest absolute Gasteiger partial charge is 0.244 e. The quantitative estimate of drug-likeness (QED) is 0.667. The summed E-state index contributed by atoms with van der Waals surface area (Å²) in [6.07, 6.45) is 8.84. The number of unbranched alkanes of at least 4 members (excludes halogenated alkanes) is 1. The standard InChI is InChI=1S/C17H23N4.ClH/c1-4-5-6-20-7-8-21(12-20)11-17-18-15-9-13(2)14(3)10-16(15)19-17;/h7-10,12H,4-6,11H2,1-3H3,(H,18,19);1H/q+1;/p-1. The van der Waals surface area contributed by atoms with Gasteiger partial charge >= 0.3 is 0 Å². The summed E-state index contributed by atoms with van der Waals surface area (Å²) in [7, 11) is 0. The Morgan fingerprint density at radius 1 is 1.23 bits per heavy atom. The van der Waals surface area contributed by atoms with E-state index < -0.39 is 0 Å². The van der Waals surface area contributed by atoms with Crippen LogP contribution in [-0.4, -0.2) is 14.5 Å². The second-order valence-corrected chi connectivity index (χ2v) is 5.81. The topological polar surface area (TPSA) is 37.5 Å². The number of imidazole rings is 2. The van der Waals surface area contributed by atoms with E-state index in [4.69, 9.17) is 4.98 Å². The molecule has 0 radical (unpaired) electrons. The molecule has 0 amide bonds. The Kier molecular flexibility index (Phi) is 5.24. The van der Waals surface area contributed by atoms with Gasteiger partial charge < -0.3 is 17.4 Å². The molecule has 1 aromatic carbocycles. The minimum Gasteiger partial charge on any atom is -1.00 e. The Hall–Kier alpha value is -1.81. The molecular formula is C17H23ClN4. The summed E-state index contributed by atoms with van der Waals surface area (Å²) < 4.78 is 4.41. The second kappa shape index (κ2) is 6.97. The van der Waals surface area contributed by atoms with Crippen LogP contribution in [0.2, 0.25) is 0 Å². The molecule has 2 heterocycles. The van der Waals surface area contributed by atoms with Gasteiger partial charge in [-0.05, 0) is 43.5 Å². The predicted octanol–water partition coefficient (Wildman–Crippen LogP) is 0.121. The van der Waals surface area contributed by atoms with Crippen LogP contribution < -0.4 is 17.0 Å². The van der Waals surface area contributed by atoms with Gasteiger partial charge in [-0.1, -0.05) is 13.3 Å². The van der Waals surface area contributed by atoms with Crippen LogP contribution in [-0.2, 0) is 13.1 Å². The first-order valence-corrected chi connectivity index (χ1v) is 7.66. The van der Waals surface area contributed by atoms with Gasteiger partial charge in [-0.2, -0.15) is 0 Å². The summed E-state index contributed by atoms with van der Waals surface area (Å²) >= 11 is 0. The van der Waals surface area contributed by atoms with Crippen molar-refractivity contribution in [2.45, 2.75) is 46.7 Å². The fourth-order valence-corrected chi connectivity index (χ4v) is 2.58. The van der Waals surface area contributed by atoms with Crippen LogP contribution in [0.15, 0.2) is 30.9 Å². The number of hydrogen-bond donors (Lipinski definition) is 1. The maximum atomic E-state index is 4.70. The number of nitrogens with zero attached hydrogens (tertiary/aromatic N) is 3. The first kappa shape index (κ1) is 16.6. The highest BCUT2D eigenvalue weighted by Crippen LogP contribution is 2.17. The molecule has 0 aliphatic carbocycles. The summed E-state index contributed by atoms with van der Waals surface area (Å²) in [6.45, 7) is 8.35. The molecule has 0 spiro atoms. The molecule has 0 bridgehead atoms. The fourth-order valence-electron chi connectivity index (χ4n) is 2.58. The molecule has 0 atom stereocenters. The van der Waals surface area contributed by atoms with E-state index in [0.29, 0.717) is 0 Å². The molecule has 4 nitrogen and oxygen atoms in total. The summed E-state index contributed by atoms with van der Waals surface area (Å²) in [5, 5.41) is 0. The van der Waals surface area contributed by atoms with E-state index in [-0.39, 0.29) is 12.4 Å². The number of fused-ring (bicyclic) bond motifs is 1. The van der Waals surface area contributed by atoms with Gasteiger partial charge in [-0.15, -0.1) is 0 Å². The largest absolute Gasteiger partial charge is 1.00 e. The van der Waals surface area contributed by atoms with E-state index in [9.17, 15) is 0 Å². The molecule has 0 fully saturated rings. The van der Waals surface area contributed by atoms with Crippen molar-refractivity contribution in [3.63, 3.8) is 0 Å². The number of H-pyrrole nitrogens is 1. The number of benzene rings is 1. The summed E-state index contributed by atoms with van der Waals surface area (Å²) in [5.74, 6) is 1.01. The van der Waals surface area contributed by atoms with Crippen LogP contribution in [0.1, 0.15) is 36.7 Å². The fraction of sp³-hybridized carbons (Fsp3) is 0.412. The lowest BCUT2D eigenvalue weighted by molar-refractivity contribution is -0.688. The van der Waals surface area contributed by atoms with Crippen LogP contribution >= 0.6 is 0 Å². The lowest BCUT2D eigenvalue weighted by Gasteiger charge is -1.97. The first-order chi connectivity index (χ1) is 10.2. The van der Waals surface area contributed by atoms with Crippen LogP contribution in [0.3, 0.4) is 0 Å². The Balaban J connectivity index is 0.00000176. The zero-order valence-corrected chi connectivity index (χ0v) is 14.2. The third-order valence-electron chi connectivity index (χ3n) is 3.99. The number of rotatable bonds is 5. The molecule has 5 heteroatoms. The molecule has 0 saturated carbocycles. The molecule has 0 aliphatic rings. The van der Waals surface area contributed by atoms with Crippen molar-refractivity contribution in [1.29, 1.82) is 0 Å². The van der Waals surface area contributed by atoms with E-state index in [2.05, 4.69) is 65.7 Å². The number of aromatic nitrogens is 4. The van der Waals surface area contributed by atoms with Gasteiger partial charge in [0.2, 0.25) is 6.33 Å². The molecule has 0 unspecified atom stereocenters. The van der Waals surface area contributed by atoms with E-state index in [0.717, 1.165) is 29.9 Å². The van der Waals surface area contributed by atoms with Gasteiger partial charge in [0.25, 0.3) is 0 Å². The van der Waals surface area contributed by atoms with Crippen molar-refractivity contribution in [3.8, 4) is 0 Å². The predicted molar refractivity (Wildman–Crippen MR) is 84.2 cm³/mol. The summed E-state index contributed by atoms with van der Waals surface area (Å²) in [6, 6.07) is 4.33. The van der Waals surface area contributed by atoms with Gasteiger partial charge in [-0.3, -0.25) is 0 Å². The van der Waals surface area contributed by atoms with Crippen LogP contribution in [0, 0.1) is 13.8 Å². The SMILES string of the molecule is CCCCn1cc[n+](Cc2nc3cc(C)c(C)cc3[nH]2)c1.[Cl-]. The van der Waals surface area contributed by atoms with Crippen molar-refractivity contribution < 1.29 is 17.0 Å². The maximum absolute atomic E-state index is 4.70.